The molecule has 0 saturated carbocycles. The Morgan fingerprint density at radius 3 is 2.31 bits per heavy atom. The molecule has 1 aromatic heterocycles. The van der Waals surface area contributed by atoms with Crippen molar-refractivity contribution < 1.29 is 19.4 Å². The van der Waals surface area contributed by atoms with E-state index in [1.807, 2.05) is 45.0 Å². The van der Waals surface area contributed by atoms with E-state index in [0.717, 1.165) is 27.6 Å². The number of carboxylic acids is 1. The van der Waals surface area contributed by atoms with Crippen LogP contribution in [0.2, 0.25) is 10.0 Å². The van der Waals surface area contributed by atoms with Gasteiger partial charge in [0.15, 0.2) is 0 Å². The highest BCUT2D eigenvalue weighted by Crippen LogP contribution is 2.36. The van der Waals surface area contributed by atoms with E-state index in [1.54, 1.807) is 12.1 Å². The van der Waals surface area contributed by atoms with Crippen LogP contribution in [0.5, 0.6) is 0 Å². The Balaban J connectivity index is 1.63. The number of aromatic nitrogens is 1. The van der Waals surface area contributed by atoms with Gasteiger partial charge in [-0.2, -0.15) is 0 Å². The number of H-pyrrole nitrogens is 1. The number of carboxylic acid groups (broad SMARTS) is 1. The normalized spacial score (nSPS) is 16.1. The third kappa shape index (κ3) is 3.76. The Morgan fingerprint density at radius 1 is 1.12 bits per heavy atom. The van der Waals surface area contributed by atoms with Gasteiger partial charge in [-0.05, 0) is 41.7 Å². The van der Waals surface area contributed by atoms with Crippen molar-refractivity contribution in [3.8, 4) is 0 Å². The first-order valence-electron chi connectivity index (χ1n) is 10.3. The molecule has 1 atom stereocenters. The first-order chi connectivity index (χ1) is 15.1. The minimum absolute atomic E-state index is 0.0376. The molecule has 1 amide bonds. The van der Waals surface area contributed by atoms with Crippen LogP contribution in [0.1, 0.15) is 46.9 Å². The standard InChI is InChI=1S/C24H24Cl2N2O4/c1-12(2)18(23(30)31)14-4-6-15(7-5-14)24(10-32-11-24)28-22(29)21-13(3)19-17(27-21)9-8-16(25)20(19)26/h4-9,12,18,27H,10-11H2,1-3H3,(H,28,29)(H,30,31). The number of hydrogen-bond acceptors (Lipinski definition) is 3. The molecule has 4 rings (SSSR count). The Morgan fingerprint density at radius 2 is 1.78 bits per heavy atom. The summed E-state index contributed by atoms with van der Waals surface area (Å²) < 4.78 is 5.45. The minimum atomic E-state index is -0.851. The number of aliphatic carboxylic acids is 1. The summed E-state index contributed by atoms with van der Waals surface area (Å²) in [5, 5.41) is 14.2. The smallest absolute Gasteiger partial charge is 0.311 e. The van der Waals surface area contributed by atoms with E-state index in [0.29, 0.717) is 29.0 Å². The van der Waals surface area contributed by atoms with Gasteiger partial charge in [-0.3, -0.25) is 9.59 Å². The third-order valence-electron chi connectivity index (χ3n) is 6.14. The number of nitrogens with one attached hydrogen (secondary N) is 2. The third-order valence-corrected chi connectivity index (χ3v) is 6.94. The second-order valence-corrected chi connectivity index (χ2v) is 9.41. The molecule has 3 N–H and O–H groups in total. The molecule has 1 aliphatic rings. The van der Waals surface area contributed by atoms with Gasteiger partial charge in [-0.1, -0.05) is 61.3 Å². The molecule has 2 aromatic carbocycles. The largest absolute Gasteiger partial charge is 0.481 e. The molecule has 168 valence electrons. The lowest BCUT2D eigenvalue weighted by atomic mass is 9.84. The van der Waals surface area contributed by atoms with Crippen molar-refractivity contribution in [3.05, 3.63) is 68.8 Å². The molecule has 3 aromatic rings. The Hall–Kier alpha value is -2.54. The monoisotopic (exact) mass is 474 g/mol. The van der Waals surface area contributed by atoms with Gasteiger partial charge in [0.2, 0.25) is 0 Å². The molecule has 1 unspecified atom stereocenters. The number of amides is 1. The molecule has 2 heterocycles. The molecular weight excluding hydrogens is 451 g/mol. The fraction of sp³-hybridized carbons (Fsp3) is 0.333. The average molecular weight is 475 g/mol. The van der Waals surface area contributed by atoms with Gasteiger partial charge in [-0.25, -0.2) is 0 Å². The van der Waals surface area contributed by atoms with E-state index in [1.165, 1.54) is 0 Å². The second-order valence-electron chi connectivity index (χ2n) is 8.62. The van der Waals surface area contributed by atoms with Crippen molar-refractivity contribution >= 4 is 46.0 Å². The Kier molecular flexibility index (Phi) is 5.96. The molecule has 8 heteroatoms. The predicted molar refractivity (Wildman–Crippen MR) is 125 cm³/mol. The lowest BCUT2D eigenvalue weighted by molar-refractivity contribution is -0.139. The van der Waals surface area contributed by atoms with Crippen LogP contribution >= 0.6 is 23.2 Å². The highest BCUT2D eigenvalue weighted by atomic mass is 35.5. The lowest BCUT2D eigenvalue weighted by Crippen LogP contribution is -2.59. The van der Waals surface area contributed by atoms with Gasteiger partial charge in [0.25, 0.3) is 5.91 Å². The molecule has 0 bridgehead atoms. The summed E-state index contributed by atoms with van der Waals surface area (Å²) >= 11 is 12.5. The zero-order valence-electron chi connectivity index (χ0n) is 18.0. The minimum Gasteiger partial charge on any atom is -0.481 e. The van der Waals surface area contributed by atoms with Gasteiger partial charge in [0.1, 0.15) is 11.2 Å². The number of ether oxygens (including phenoxy) is 1. The molecule has 0 aliphatic carbocycles. The predicted octanol–water partition coefficient (Wildman–Crippen LogP) is 5.26. The van der Waals surface area contributed by atoms with Crippen LogP contribution in [-0.4, -0.2) is 35.2 Å². The van der Waals surface area contributed by atoms with E-state index >= 15 is 0 Å². The summed E-state index contributed by atoms with van der Waals surface area (Å²) in [6.07, 6.45) is 0. The van der Waals surface area contributed by atoms with Crippen LogP contribution in [0.15, 0.2) is 36.4 Å². The van der Waals surface area contributed by atoms with Crippen molar-refractivity contribution in [2.24, 2.45) is 5.92 Å². The first-order valence-corrected chi connectivity index (χ1v) is 11.1. The van der Waals surface area contributed by atoms with Crippen molar-refractivity contribution in [1.29, 1.82) is 0 Å². The number of benzene rings is 2. The summed E-state index contributed by atoms with van der Waals surface area (Å²) in [6.45, 7) is 6.26. The van der Waals surface area contributed by atoms with Crippen LogP contribution in [0.3, 0.4) is 0 Å². The number of carbonyl (C=O) groups excluding carboxylic acids is 1. The first kappa shape index (κ1) is 22.6. The van der Waals surface area contributed by atoms with Crippen LogP contribution < -0.4 is 5.32 Å². The quantitative estimate of drug-likeness (QED) is 0.454. The summed E-state index contributed by atoms with van der Waals surface area (Å²) in [5.41, 5.74) is 2.78. The lowest BCUT2D eigenvalue weighted by Gasteiger charge is -2.42. The summed E-state index contributed by atoms with van der Waals surface area (Å²) in [5.74, 6) is -1.75. The fourth-order valence-corrected chi connectivity index (χ4v) is 4.79. The van der Waals surface area contributed by atoms with Crippen molar-refractivity contribution in [1.82, 2.24) is 10.3 Å². The molecule has 32 heavy (non-hydrogen) atoms. The molecule has 6 nitrogen and oxygen atoms in total. The number of aromatic amines is 1. The summed E-state index contributed by atoms with van der Waals surface area (Å²) in [6, 6.07) is 10.8. The van der Waals surface area contributed by atoms with Gasteiger partial charge in [0, 0.05) is 10.9 Å². The molecule has 1 fully saturated rings. The zero-order valence-corrected chi connectivity index (χ0v) is 19.5. The van der Waals surface area contributed by atoms with Crippen LogP contribution in [0.25, 0.3) is 10.9 Å². The average Bonchev–Trinajstić information content (AvgIpc) is 3.05. The van der Waals surface area contributed by atoms with Crippen LogP contribution in [0, 0.1) is 12.8 Å². The van der Waals surface area contributed by atoms with Crippen molar-refractivity contribution in [2.75, 3.05) is 13.2 Å². The number of hydrogen-bond donors (Lipinski definition) is 3. The second kappa shape index (κ2) is 8.43. The maximum Gasteiger partial charge on any atom is 0.311 e. The maximum atomic E-state index is 13.2. The number of rotatable bonds is 6. The zero-order chi connectivity index (χ0) is 23.2. The number of carbonyl (C=O) groups is 2. The number of fused-ring (bicyclic) bond motifs is 1. The Labute approximate surface area is 195 Å². The van der Waals surface area contributed by atoms with Crippen molar-refractivity contribution in [3.63, 3.8) is 0 Å². The van der Waals surface area contributed by atoms with Crippen LogP contribution in [-0.2, 0) is 15.1 Å². The van der Waals surface area contributed by atoms with Gasteiger partial charge in [0.05, 0.1) is 29.2 Å². The highest BCUT2D eigenvalue weighted by Gasteiger charge is 2.42. The van der Waals surface area contributed by atoms with E-state index in [-0.39, 0.29) is 11.8 Å². The molecule has 1 aliphatic heterocycles. The van der Waals surface area contributed by atoms with Crippen molar-refractivity contribution in [2.45, 2.75) is 32.2 Å². The van der Waals surface area contributed by atoms with E-state index in [4.69, 9.17) is 27.9 Å². The number of halogens is 2. The molecule has 1 saturated heterocycles. The summed E-state index contributed by atoms with van der Waals surface area (Å²) in [7, 11) is 0. The highest BCUT2D eigenvalue weighted by molar-refractivity contribution is 6.45. The van der Waals surface area contributed by atoms with Gasteiger partial charge in [-0.15, -0.1) is 0 Å². The maximum absolute atomic E-state index is 13.2. The van der Waals surface area contributed by atoms with Crippen LogP contribution in [0.4, 0.5) is 0 Å². The Bertz CT molecular complexity index is 1200. The van der Waals surface area contributed by atoms with E-state index in [2.05, 4.69) is 10.3 Å². The van der Waals surface area contributed by atoms with Gasteiger partial charge < -0.3 is 20.1 Å². The summed E-state index contributed by atoms with van der Waals surface area (Å²) in [4.78, 5) is 28.0. The molecule has 0 spiro atoms. The van der Waals surface area contributed by atoms with E-state index < -0.39 is 17.4 Å². The topological polar surface area (TPSA) is 91.4 Å². The van der Waals surface area contributed by atoms with E-state index in [9.17, 15) is 14.7 Å². The number of aryl methyl sites for hydroxylation is 1. The SMILES string of the molecule is Cc1c(C(=O)NC2(c3ccc(C(C(=O)O)C(C)C)cc3)COC2)[nH]c2ccc(Cl)c(Cl)c12. The van der Waals surface area contributed by atoms with Gasteiger partial charge >= 0.3 is 5.97 Å². The fourth-order valence-electron chi connectivity index (χ4n) is 4.32. The molecular formula is C24H24Cl2N2O4. The molecule has 0 radical (unpaired) electrons.